The van der Waals surface area contributed by atoms with Gasteiger partial charge in [-0.25, -0.2) is 4.98 Å². The van der Waals surface area contributed by atoms with Crippen LogP contribution < -0.4 is 10.1 Å². The third-order valence-electron chi connectivity index (χ3n) is 3.77. The second kappa shape index (κ2) is 6.64. The van der Waals surface area contributed by atoms with Crippen LogP contribution in [0, 0.1) is 0 Å². The quantitative estimate of drug-likeness (QED) is 0.854. The van der Waals surface area contributed by atoms with Gasteiger partial charge < -0.3 is 14.6 Å². The van der Waals surface area contributed by atoms with Gasteiger partial charge in [0.2, 0.25) is 0 Å². The summed E-state index contributed by atoms with van der Waals surface area (Å²) in [6, 6.07) is 9.38. The summed E-state index contributed by atoms with van der Waals surface area (Å²) in [4.78, 5) is 16.4. The van der Waals surface area contributed by atoms with E-state index in [0.29, 0.717) is 18.2 Å². The Hall–Kier alpha value is -2.30. The van der Waals surface area contributed by atoms with Gasteiger partial charge in [-0.15, -0.1) is 0 Å². The zero-order valence-corrected chi connectivity index (χ0v) is 12.7. The van der Waals surface area contributed by atoms with Crippen LogP contribution in [0.25, 0.3) is 0 Å². The molecule has 3 rings (SSSR count). The zero-order valence-electron chi connectivity index (χ0n) is 12.7. The van der Waals surface area contributed by atoms with Crippen LogP contribution in [-0.4, -0.2) is 28.1 Å². The van der Waals surface area contributed by atoms with Crippen molar-refractivity contribution in [1.82, 2.24) is 14.9 Å². The number of nitrogens with zero attached hydrogens (tertiary/aromatic N) is 2. The van der Waals surface area contributed by atoms with E-state index in [1.54, 1.807) is 6.92 Å². The predicted molar refractivity (Wildman–Crippen MR) is 83.7 cm³/mol. The molecule has 1 saturated carbocycles. The lowest BCUT2D eigenvalue weighted by atomic mass is 10.3. The van der Waals surface area contributed by atoms with E-state index < -0.39 is 6.10 Å². The highest BCUT2D eigenvalue weighted by Crippen LogP contribution is 2.38. The minimum Gasteiger partial charge on any atom is -0.481 e. The number of aromatic nitrogens is 2. The molecule has 0 radical (unpaired) electrons. The van der Waals surface area contributed by atoms with Crippen molar-refractivity contribution in [1.29, 1.82) is 0 Å². The number of ether oxygens (including phenoxy) is 1. The maximum atomic E-state index is 12.0. The molecule has 1 N–H and O–H groups in total. The largest absolute Gasteiger partial charge is 0.481 e. The van der Waals surface area contributed by atoms with Crippen molar-refractivity contribution in [3.8, 4) is 5.75 Å². The minimum atomic E-state index is -0.506. The molecule has 1 aromatic heterocycles. The van der Waals surface area contributed by atoms with Crippen LogP contribution in [0.1, 0.15) is 31.5 Å². The van der Waals surface area contributed by atoms with Crippen molar-refractivity contribution in [3.05, 3.63) is 48.5 Å². The van der Waals surface area contributed by atoms with Crippen LogP contribution >= 0.6 is 0 Å². The Kier molecular flexibility index (Phi) is 4.42. The number of rotatable bonds is 7. The van der Waals surface area contributed by atoms with Gasteiger partial charge in [-0.1, -0.05) is 18.2 Å². The first-order valence-electron chi connectivity index (χ1n) is 7.74. The Labute approximate surface area is 130 Å². The number of carbonyl (C=O) groups excluding carboxylic acids is 1. The fraction of sp³-hybridized carbons (Fsp3) is 0.412. The van der Waals surface area contributed by atoms with Crippen LogP contribution in [0.15, 0.2) is 42.7 Å². The Balaban J connectivity index is 1.44. The molecule has 1 fully saturated rings. The lowest BCUT2D eigenvalue weighted by Crippen LogP contribution is -2.38. The Morgan fingerprint density at radius 1 is 1.41 bits per heavy atom. The zero-order chi connectivity index (χ0) is 15.4. The van der Waals surface area contributed by atoms with Crippen molar-refractivity contribution in [2.24, 2.45) is 0 Å². The summed E-state index contributed by atoms with van der Waals surface area (Å²) < 4.78 is 7.73. The van der Waals surface area contributed by atoms with Gasteiger partial charge in [0.05, 0.1) is 0 Å². The minimum absolute atomic E-state index is 0.100. The number of benzene rings is 1. The van der Waals surface area contributed by atoms with Crippen molar-refractivity contribution < 1.29 is 9.53 Å². The van der Waals surface area contributed by atoms with Crippen molar-refractivity contribution in [2.75, 3.05) is 6.54 Å². The fourth-order valence-electron chi connectivity index (χ4n) is 2.41. The number of para-hydroxylation sites is 1. The predicted octanol–water partition coefficient (Wildman–Crippen LogP) is 2.34. The smallest absolute Gasteiger partial charge is 0.260 e. The third kappa shape index (κ3) is 3.67. The second-order valence-corrected chi connectivity index (χ2v) is 5.62. The van der Waals surface area contributed by atoms with E-state index in [1.807, 2.05) is 42.7 Å². The third-order valence-corrected chi connectivity index (χ3v) is 3.77. The fourth-order valence-corrected chi connectivity index (χ4v) is 2.41. The summed E-state index contributed by atoms with van der Waals surface area (Å²) in [5, 5.41) is 2.91. The molecular weight excluding hydrogens is 278 g/mol. The maximum absolute atomic E-state index is 12.0. The van der Waals surface area contributed by atoms with E-state index in [-0.39, 0.29) is 5.91 Å². The van der Waals surface area contributed by atoms with E-state index in [0.717, 1.165) is 12.4 Å². The maximum Gasteiger partial charge on any atom is 0.260 e. The molecule has 1 heterocycles. The molecule has 22 heavy (non-hydrogen) atoms. The van der Waals surface area contributed by atoms with E-state index in [9.17, 15) is 4.79 Å². The van der Waals surface area contributed by atoms with E-state index >= 15 is 0 Å². The van der Waals surface area contributed by atoms with Crippen LogP contribution in [0.2, 0.25) is 0 Å². The molecule has 0 saturated heterocycles. The number of hydrogen-bond acceptors (Lipinski definition) is 3. The molecule has 1 aliphatic rings. The first-order chi connectivity index (χ1) is 10.7. The molecule has 2 aromatic rings. The number of amides is 1. The Bertz CT molecular complexity index is 620. The van der Waals surface area contributed by atoms with Gasteiger partial charge in [-0.05, 0) is 31.9 Å². The van der Waals surface area contributed by atoms with Gasteiger partial charge in [0.15, 0.2) is 6.10 Å². The molecule has 0 bridgehead atoms. The number of hydrogen-bond donors (Lipinski definition) is 1. The molecule has 1 aromatic carbocycles. The Morgan fingerprint density at radius 2 is 2.18 bits per heavy atom. The molecule has 0 unspecified atom stereocenters. The number of imidazole rings is 1. The van der Waals surface area contributed by atoms with Crippen LogP contribution in [-0.2, 0) is 11.3 Å². The topological polar surface area (TPSA) is 56.1 Å². The molecule has 1 aliphatic carbocycles. The monoisotopic (exact) mass is 299 g/mol. The van der Waals surface area contributed by atoms with Crippen LogP contribution in [0.5, 0.6) is 5.75 Å². The molecular formula is C17H21N3O2. The van der Waals surface area contributed by atoms with Crippen LogP contribution in [0.3, 0.4) is 0 Å². The lowest BCUT2D eigenvalue weighted by molar-refractivity contribution is -0.127. The van der Waals surface area contributed by atoms with Crippen LogP contribution in [0.4, 0.5) is 0 Å². The van der Waals surface area contributed by atoms with Crippen molar-refractivity contribution in [2.45, 2.75) is 38.3 Å². The van der Waals surface area contributed by atoms with E-state index in [1.165, 1.54) is 12.8 Å². The summed E-state index contributed by atoms with van der Waals surface area (Å²) >= 11 is 0. The second-order valence-electron chi connectivity index (χ2n) is 5.62. The summed E-state index contributed by atoms with van der Waals surface area (Å²) in [5.41, 5.74) is 0. The van der Waals surface area contributed by atoms with Crippen molar-refractivity contribution in [3.63, 3.8) is 0 Å². The van der Waals surface area contributed by atoms with Gasteiger partial charge in [0.25, 0.3) is 5.91 Å². The average Bonchev–Trinajstić information content (AvgIpc) is 3.27. The molecule has 116 valence electrons. The lowest BCUT2D eigenvalue weighted by Gasteiger charge is -2.15. The SMILES string of the molecule is C[C@@H](Oc1ccccc1)C(=O)NCCn1ccnc1C1CC1. The molecule has 1 amide bonds. The van der Waals surface area contributed by atoms with Gasteiger partial charge in [0.1, 0.15) is 11.6 Å². The summed E-state index contributed by atoms with van der Waals surface area (Å²) in [6.07, 6.45) is 5.75. The van der Waals surface area contributed by atoms with Gasteiger partial charge in [-0.3, -0.25) is 4.79 Å². The van der Waals surface area contributed by atoms with Crippen molar-refractivity contribution >= 4 is 5.91 Å². The van der Waals surface area contributed by atoms with Gasteiger partial charge in [-0.2, -0.15) is 0 Å². The Morgan fingerprint density at radius 3 is 2.91 bits per heavy atom. The number of nitrogens with one attached hydrogen (secondary N) is 1. The molecule has 0 aliphatic heterocycles. The first-order valence-corrected chi connectivity index (χ1v) is 7.74. The molecule has 1 atom stereocenters. The normalized spacial score (nSPS) is 15.3. The standard InChI is InChI=1S/C17H21N3O2/c1-13(22-15-5-3-2-4-6-15)17(21)19-10-12-20-11-9-18-16(20)14-7-8-14/h2-6,9,11,13-14H,7-8,10,12H2,1H3,(H,19,21)/t13-/m1/s1. The molecule has 0 spiro atoms. The van der Waals surface area contributed by atoms with Gasteiger partial charge in [0, 0.05) is 31.4 Å². The number of carbonyl (C=O) groups is 1. The molecule has 5 nitrogen and oxygen atoms in total. The van der Waals surface area contributed by atoms with E-state index in [2.05, 4.69) is 14.9 Å². The highest BCUT2D eigenvalue weighted by atomic mass is 16.5. The summed E-state index contributed by atoms with van der Waals surface area (Å²) in [7, 11) is 0. The summed E-state index contributed by atoms with van der Waals surface area (Å²) in [6.45, 7) is 3.09. The van der Waals surface area contributed by atoms with E-state index in [4.69, 9.17) is 4.74 Å². The highest BCUT2D eigenvalue weighted by Gasteiger charge is 2.27. The summed E-state index contributed by atoms with van der Waals surface area (Å²) in [5.74, 6) is 2.36. The average molecular weight is 299 g/mol. The molecule has 5 heteroatoms. The highest BCUT2D eigenvalue weighted by molar-refractivity contribution is 5.80. The van der Waals surface area contributed by atoms with Gasteiger partial charge >= 0.3 is 0 Å². The first kappa shape index (κ1) is 14.6.